The first kappa shape index (κ1) is 74.0. The molecule has 0 atom stereocenters. The smallest absolute Gasteiger partial charge is 0.176 e. The molecular weight excluding hydrogens is 1500 g/mol. The molecule has 1 saturated heterocycles. The van der Waals surface area contributed by atoms with Gasteiger partial charge in [-0.1, -0.05) is 118 Å². The summed E-state index contributed by atoms with van der Waals surface area (Å²) in [5.41, 5.74) is 15.3. The van der Waals surface area contributed by atoms with Crippen LogP contribution in [0.3, 0.4) is 0 Å². The molecule has 0 radical (unpaired) electrons. The zero-order valence-corrected chi connectivity index (χ0v) is 61.7. The van der Waals surface area contributed by atoms with Gasteiger partial charge in [-0.15, -0.1) is 0 Å². The van der Waals surface area contributed by atoms with Gasteiger partial charge in [0.1, 0.15) is 22.6 Å². The Labute approximate surface area is 654 Å². The number of nitrogens with one attached hydrogen (secondary N) is 4. The summed E-state index contributed by atoms with van der Waals surface area (Å²) in [6.07, 6.45) is 25.4. The molecular formula is C89H63F8N15O4. The molecule has 116 heavy (non-hydrogen) atoms. The van der Waals surface area contributed by atoms with Crippen LogP contribution in [0.25, 0.3) is 167 Å². The quantitative estimate of drug-likeness (QED) is 0.0785. The molecule has 27 heteroatoms. The Morgan fingerprint density at radius 3 is 1.08 bits per heavy atom. The second-order valence-corrected chi connectivity index (χ2v) is 27.6. The molecule has 14 heterocycles. The van der Waals surface area contributed by atoms with Gasteiger partial charge in [-0.3, -0.25) is 4.98 Å². The van der Waals surface area contributed by atoms with Crippen LogP contribution in [-0.4, -0.2) is 105 Å². The first-order chi connectivity index (χ1) is 56.6. The molecule has 20 rings (SSSR count). The highest BCUT2D eigenvalue weighted by molar-refractivity contribution is 6.01. The van der Waals surface area contributed by atoms with E-state index in [1.54, 1.807) is 55.8 Å². The molecule has 0 amide bonds. The number of nitrogens with zero attached hydrogens (tertiary/aromatic N) is 11. The van der Waals surface area contributed by atoms with Gasteiger partial charge in [0.05, 0.1) is 47.0 Å². The third-order valence-electron chi connectivity index (χ3n) is 20.4. The van der Waals surface area contributed by atoms with Gasteiger partial charge in [0.15, 0.2) is 69.6 Å². The highest BCUT2D eigenvalue weighted by Crippen LogP contribution is 2.44. The first-order valence-electron chi connectivity index (χ1n) is 36.5. The molecule has 4 N–H and O–H groups in total. The predicted octanol–water partition coefficient (Wildman–Crippen LogP) is 21.9. The molecule has 0 saturated carbocycles. The van der Waals surface area contributed by atoms with Crippen molar-refractivity contribution in [3.63, 3.8) is 0 Å². The van der Waals surface area contributed by atoms with Crippen molar-refractivity contribution in [2.75, 3.05) is 39.1 Å². The third kappa shape index (κ3) is 14.5. The summed E-state index contributed by atoms with van der Waals surface area (Å²) < 4.78 is 134. The van der Waals surface area contributed by atoms with Crippen LogP contribution in [0.15, 0.2) is 269 Å². The summed E-state index contributed by atoms with van der Waals surface area (Å²) in [6, 6.07) is 46.0. The maximum atomic E-state index is 14.4. The lowest BCUT2D eigenvalue weighted by Crippen LogP contribution is -2.29. The van der Waals surface area contributed by atoms with Crippen molar-refractivity contribution in [3.8, 4) is 123 Å². The molecule has 1 fully saturated rings. The van der Waals surface area contributed by atoms with Crippen molar-refractivity contribution in [1.82, 2.24) is 70.4 Å². The average molecular weight is 1560 g/mol. The number of benzene rings is 6. The van der Waals surface area contributed by atoms with Crippen molar-refractivity contribution >= 4 is 49.8 Å². The van der Waals surface area contributed by atoms with Crippen LogP contribution in [-0.2, 0) is 0 Å². The van der Waals surface area contributed by atoms with Crippen molar-refractivity contribution in [1.29, 1.82) is 0 Å². The van der Waals surface area contributed by atoms with Crippen LogP contribution in [0, 0.1) is 46.5 Å². The lowest BCUT2D eigenvalue weighted by atomic mass is 9.90. The SMILES string of the molecule is CN(C)c1cccc(-c2cnc3[nH]cc(-c4oncc4-c4cccc(F)c4F)c3c2)c1.CN1CCC(c2cnc3[nH]cc(-c4oncc4-c4cccc(F)c4F)c3c2)CC1.Fc1cccc(-c2cnoc2-c2c[nH]c3ncc(-c4ccccc4)cc23)c1F.Fc1cccc(-c2cnoc2-c2c[nH]c3ncc(-c4cccnc4)cc23)c1F. The van der Waals surface area contributed by atoms with Gasteiger partial charge in [-0.05, 0) is 122 Å². The van der Waals surface area contributed by atoms with Gasteiger partial charge in [0, 0.05) is 170 Å². The molecule has 19 aromatic rings. The normalized spacial score (nSPS) is 12.4. The Kier molecular flexibility index (Phi) is 20.3. The van der Waals surface area contributed by atoms with E-state index in [9.17, 15) is 35.1 Å². The van der Waals surface area contributed by atoms with Gasteiger partial charge in [0.2, 0.25) is 0 Å². The maximum absolute atomic E-state index is 14.4. The van der Waals surface area contributed by atoms with E-state index in [2.05, 4.69) is 89.6 Å². The Bertz CT molecular complexity index is 6580. The number of H-pyrrole nitrogens is 4. The highest BCUT2D eigenvalue weighted by Gasteiger charge is 2.28. The number of hydrogen-bond acceptors (Lipinski definition) is 15. The van der Waals surface area contributed by atoms with Gasteiger partial charge >= 0.3 is 0 Å². The third-order valence-corrected chi connectivity index (χ3v) is 20.4. The highest BCUT2D eigenvalue weighted by atomic mass is 19.2. The van der Waals surface area contributed by atoms with Crippen LogP contribution in [0.4, 0.5) is 40.8 Å². The number of piperidine rings is 1. The number of aromatic nitrogens is 13. The molecule has 19 nitrogen and oxygen atoms in total. The fourth-order valence-electron chi connectivity index (χ4n) is 14.3. The average Bonchev–Trinajstić information content (AvgIpc) is 1.63. The topological polar surface area (TPSA) is 238 Å². The Morgan fingerprint density at radius 2 is 0.690 bits per heavy atom. The number of rotatable bonds is 13. The minimum Gasteiger partial charge on any atom is -0.378 e. The van der Waals surface area contributed by atoms with E-state index in [4.69, 9.17) is 18.1 Å². The van der Waals surface area contributed by atoms with Crippen LogP contribution in [0.1, 0.15) is 24.3 Å². The predicted molar refractivity (Wildman–Crippen MR) is 426 cm³/mol. The minimum atomic E-state index is -0.944. The van der Waals surface area contributed by atoms with Crippen molar-refractivity contribution < 1.29 is 53.2 Å². The van der Waals surface area contributed by atoms with Crippen LogP contribution in [0.2, 0.25) is 0 Å². The molecule has 1 aliphatic heterocycles. The van der Waals surface area contributed by atoms with E-state index in [0.717, 1.165) is 122 Å². The summed E-state index contributed by atoms with van der Waals surface area (Å²) in [6.45, 7) is 2.13. The fraction of sp³-hybridized carbons (Fsp3) is 0.0899. The molecule has 0 unspecified atom stereocenters. The molecule has 0 bridgehead atoms. The van der Waals surface area contributed by atoms with E-state index < -0.39 is 46.5 Å². The number of aromatic amines is 4. The van der Waals surface area contributed by atoms with Crippen molar-refractivity contribution in [2.45, 2.75) is 18.8 Å². The Hall–Kier alpha value is -14.7. The fourth-order valence-corrected chi connectivity index (χ4v) is 14.3. The van der Waals surface area contributed by atoms with Gasteiger partial charge in [-0.25, -0.2) is 55.1 Å². The zero-order chi connectivity index (χ0) is 79.7. The number of anilines is 1. The van der Waals surface area contributed by atoms with E-state index in [1.807, 2.05) is 104 Å². The summed E-state index contributed by atoms with van der Waals surface area (Å²) in [5, 5.41) is 18.6. The number of pyridine rings is 5. The van der Waals surface area contributed by atoms with E-state index in [1.165, 1.54) is 78.9 Å². The minimum absolute atomic E-state index is 0.0852. The van der Waals surface area contributed by atoms with Crippen LogP contribution < -0.4 is 4.90 Å². The number of hydrogen-bond donors (Lipinski definition) is 4. The lowest BCUT2D eigenvalue weighted by Gasteiger charge is -2.29. The maximum Gasteiger partial charge on any atom is 0.176 e. The number of halogens is 8. The Morgan fingerprint density at radius 1 is 0.336 bits per heavy atom. The molecule has 0 aliphatic carbocycles. The summed E-state index contributed by atoms with van der Waals surface area (Å²) >= 11 is 0. The number of fused-ring (bicyclic) bond motifs is 4. The number of likely N-dealkylation sites (tertiary alicyclic amines) is 1. The zero-order valence-electron chi connectivity index (χ0n) is 61.7. The van der Waals surface area contributed by atoms with Crippen molar-refractivity contribution in [3.05, 3.63) is 303 Å². The van der Waals surface area contributed by atoms with Gasteiger partial charge in [-0.2, -0.15) is 0 Å². The molecule has 574 valence electrons. The largest absolute Gasteiger partial charge is 0.378 e. The molecule has 6 aromatic carbocycles. The van der Waals surface area contributed by atoms with E-state index in [0.29, 0.717) is 84.8 Å². The summed E-state index contributed by atoms with van der Waals surface area (Å²) in [7, 11) is 6.11. The molecule has 1 aliphatic rings. The summed E-state index contributed by atoms with van der Waals surface area (Å²) in [4.78, 5) is 38.9. The van der Waals surface area contributed by atoms with E-state index in [-0.39, 0.29) is 22.3 Å². The van der Waals surface area contributed by atoms with Gasteiger partial charge in [0.25, 0.3) is 0 Å². The van der Waals surface area contributed by atoms with E-state index >= 15 is 0 Å². The second-order valence-electron chi connectivity index (χ2n) is 27.6. The monoisotopic (exact) mass is 1560 g/mol. The first-order valence-corrected chi connectivity index (χ1v) is 36.5. The summed E-state index contributed by atoms with van der Waals surface area (Å²) in [5.74, 6) is -5.53. The van der Waals surface area contributed by atoms with Gasteiger partial charge < -0.3 is 47.8 Å². The van der Waals surface area contributed by atoms with Crippen molar-refractivity contribution in [2.24, 2.45) is 0 Å². The standard InChI is InChI=1S/C24H18F2N4O.C22H20F2N4O.C22H13F2N3O.C21H12F2N4O/c1-30(2)16-6-3-5-14(9-16)15-10-18-19(12-28-24(18)27-11-15)23-20(13-29-31-23)17-7-4-8-21(25)22(17)26;1-28-7-5-13(6-8-28)14-9-16-17(11-26-22(16)25-10-14)21-18(12-27-29-21)15-3-2-4-19(23)20(15)24;23-19-8-4-7-15(20(19)24)18-12-27-28-21(18)17-11-26-22-16(17)9-14(10-25-22)13-5-2-1-3-6-13;22-18-5-1-4-14(19(18)23)17-11-27-28-20(17)16-10-26-21-15(16)7-13(9-25-21)12-3-2-6-24-8-12/h3-13H,1-2H3,(H,27,28);2-4,9-13H,5-8H2,1H3,(H,25,26);1-12H,(H,25,26);1-11H,(H,25,26). The molecule has 0 spiro atoms. The molecule has 13 aromatic heterocycles. The van der Waals surface area contributed by atoms with Crippen LogP contribution in [0.5, 0.6) is 0 Å². The second kappa shape index (κ2) is 31.8. The lowest BCUT2D eigenvalue weighted by molar-refractivity contribution is 0.255. The Balaban J connectivity index is 0.000000111. The van der Waals surface area contributed by atoms with Crippen LogP contribution >= 0.6 is 0 Å².